The number of benzene rings is 8. The molecule has 0 saturated heterocycles. The van der Waals surface area contributed by atoms with Crippen LogP contribution in [0.2, 0.25) is 0 Å². The number of nitrogens with zero attached hydrogens (tertiary/aromatic N) is 2. The topological polar surface area (TPSA) is 25.8 Å². The van der Waals surface area contributed by atoms with Gasteiger partial charge in [-0.1, -0.05) is 206 Å². The first-order valence-corrected chi connectivity index (χ1v) is 19.9. The van der Waals surface area contributed by atoms with E-state index in [0.29, 0.717) is 5.82 Å². The van der Waals surface area contributed by atoms with Gasteiger partial charge in [-0.3, -0.25) is 0 Å². The van der Waals surface area contributed by atoms with E-state index in [4.69, 9.17) is 9.97 Å². The fraction of sp³-hybridized carbons (Fsp3) is 0.0189. The van der Waals surface area contributed by atoms with Crippen LogP contribution in [0.25, 0.3) is 67.3 Å². The Hall–Kier alpha value is -6.81. The molecule has 262 valence electrons. The van der Waals surface area contributed by atoms with Crippen LogP contribution in [-0.4, -0.2) is 9.97 Å². The monoisotopic (exact) mass is 730 g/mol. The van der Waals surface area contributed by atoms with Crippen LogP contribution in [0.4, 0.5) is 0 Å². The number of hydrogen-bond acceptors (Lipinski definition) is 3. The zero-order valence-electron chi connectivity index (χ0n) is 30.4. The van der Waals surface area contributed by atoms with Gasteiger partial charge in [0.05, 0.1) is 16.8 Å². The van der Waals surface area contributed by atoms with Crippen molar-refractivity contribution in [1.29, 1.82) is 0 Å². The Morgan fingerprint density at radius 2 is 0.768 bits per heavy atom. The summed E-state index contributed by atoms with van der Waals surface area (Å²) in [4.78, 5) is 13.2. The highest BCUT2D eigenvalue weighted by Gasteiger charge is 2.50. The first-order valence-electron chi connectivity index (χ1n) is 19.1. The van der Waals surface area contributed by atoms with Crippen molar-refractivity contribution < 1.29 is 0 Å². The lowest BCUT2D eigenvalue weighted by Gasteiger charge is -2.40. The minimum Gasteiger partial charge on any atom is -0.228 e. The third-order valence-electron chi connectivity index (χ3n) is 11.4. The predicted octanol–water partition coefficient (Wildman–Crippen LogP) is 13.6. The summed E-state index contributed by atoms with van der Waals surface area (Å²) in [5, 5.41) is 0. The van der Waals surface area contributed by atoms with Crippen LogP contribution in [0, 0.1) is 0 Å². The van der Waals surface area contributed by atoms with E-state index < -0.39 is 5.41 Å². The van der Waals surface area contributed by atoms with Crippen molar-refractivity contribution in [2.24, 2.45) is 0 Å². The lowest BCUT2D eigenvalue weighted by Crippen LogP contribution is -2.32. The van der Waals surface area contributed by atoms with E-state index in [1.54, 1.807) is 0 Å². The van der Waals surface area contributed by atoms with Gasteiger partial charge in [0.2, 0.25) is 0 Å². The van der Waals surface area contributed by atoms with Gasteiger partial charge in [-0.25, -0.2) is 9.97 Å². The zero-order valence-corrected chi connectivity index (χ0v) is 31.2. The van der Waals surface area contributed by atoms with Gasteiger partial charge in [0.25, 0.3) is 0 Å². The molecule has 1 aliphatic carbocycles. The molecule has 56 heavy (non-hydrogen) atoms. The van der Waals surface area contributed by atoms with Crippen molar-refractivity contribution in [3.8, 4) is 67.3 Å². The molecule has 1 aliphatic heterocycles. The van der Waals surface area contributed by atoms with Crippen LogP contribution in [0.5, 0.6) is 0 Å². The van der Waals surface area contributed by atoms with Crippen molar-refractivity contribution in [2.45, 2.75) is 15.2 Å². The van der Waals surface area contributed by atoms with Crippen LogP contribution in [0.1, 0.15) is 22.3 Å². The molecule has 11 rings (SSSR count). The summed E-state index contributed by atoms with van der Waals surface area (Å²) >= 11 is 1.86. The standard InChI is InChI=1S/C53H34N2S/c1-3-14-35(15-4-1)37-26-30-39(31-27-37)48-34-49(55-52(54-48)40-32-28-38(29-33-40)36-16-5-2-6-17-36)43-20-13-24-47-51(43)56-50-25-12-11-23-46(50)53(47)44-21-9-7-18-41(44)42-19-8-10-22-45(42)53/h1-34H. The van der Waals surface area contributed by atoms with E-state index in [0.717, 1.165) is 33.6 Å². The van der Waals surface area contributed by atoms with Gasteiger partial charge in [-0.2, -0.15) is 0 Å². The van der Waals surface area contributed by atoms with E-state index in [9.17, 15) is 0 Å². The normalized spacial score (nSPS) is 13.1. The Bertz CT molecular complexity index is 2770. The number of rotatable bonds is 5. The second-order valence-corrected chi connectivity index (χ2v) is 15.5. The fourth-order valence-corrected chi connectivity index (χ4v) is 10.2. The molecular weight excluding hydrogens is 697 g/mol. The quantitative estimate of drug-likeness (QED) is 0.176. The largest absolute Gasteiger partial charge is 0.228 e. The highest BCUT2D eigenvalue weighted by atomic mass is 32.2. The molecule has 0 N–H and O–H groups in total. The van der Waals surface area contributed by atoms with Crippen molar-refractivity contribution in [1.82, 2.24) is 9.97 Å². The molecule has 2 aliphatic rings. The zero-order chi connectivity index (χ0) is 37.1. The van der Waals surface area contributed by atoms with Gasteiger partial charge >= 0.3 is 0 Å². The third-order valence-corrected chi connectivity index (χ3v) is 12.6. The Kier molecular flexibility index (Phi) is 7.68. The van der Waals surface area contributed by atoms with Gasteiger partial charge in [-0.05, 0) is 67.8 Å². The molecule has 0 atom stereocenters. The smallest absolute Gasteiger partial charge is 0.160 e. The highest BCUT2D eigenvalue weighted by Crippen LogP contribution is 2.63. The second kappa shape index (κ2) is 13.2. The first-order chi connectivity index (χ1) is 27.8. The lowest BCUT2D eigenvalue weighted by molar-refractivity contribution is 0.723. The van der Waals surface area contributed by atoms with Gasteiger partial charge in [0.1, 0.15) is 0 Å². The van der Waals surface area contributed by atoms with Gasteiger partial charge in [0.15, 0.2) is 5.82 Å². The average molecular weight is 731 g/mol. The minimum absolute atomic E-state index is 0.459. The molecule has 0 radical (unpaired) electrons. The summed E-state index contributed by atoms with van der Waals surface area (Å²) < 4.78 is 0. The summed E-state index contributed by atoms with van der Waals surface area (Å²) in [5.41, 5.74) is 17.1. The molecule has 1 aromatic heterocycles. The fourth-order valence-electron chi connectivity index (χ4n) is 8.85. The Balaban J connectivity index is 1.12. The van der Waals surface area contributed by atoms with E-state index in [-0.39, 0.29) is 0 Å². The van der Waals surface area contributed by atoms with Crippen molar-refractivity contribution >= 4 is 11.8 Å². The van der Waals surface area contributed by atoms with E-state index in [1.807, 2.05) is 11.8 Å². The summed E-state index contributed by atoms with van der Waals surface area (Å²) in [6, 6.07) is 74.3. The van der Waals surface area contributed by atoms with E-state index >= 15 is 0 Å². The molecule has 9 aromatic rings. The third kappa shape index (κ3) is 5.12. The van der Waals surface area contributed by atoms with Gasteiger partial charge in [0, 0.05) is 26.5 Å². The summed E-state index contributed by atoms with van der Waals surface area (Å²) in [6.45, 7) is 0. The maximum absolute atomic E-state index is 5.41. The van der Waals surface area contributed by atoms with Crippen molar-refractivity contribution in [3.05, 3.63) is 229 Å². The van der Waals surface area contributed by atoms with E-state index in [2.05, 4.69) is 206 Å². The lowest BCUT2D eigenvalue weighted by atomic mass is 9.67. The first kappa shape index (κ1) is 32.6. The van der Waals surface area contributed by atoms with Crippen LogP contribution in [-0.2, 0) is 5.41 Å². The molecule has 0 fully saturated rings. The Morgan fingerprint density at radius 1 is 0.321 bits per heavy atom. The molecule has 3 heteroatoms. The molecule has 1 spiro atoms. The van der Waals surface area contributed by atoms with Crippen molar-refractivity contribution in [2.75, 3.05) is 0 Å². The summed E-state index contributed by atoms with van der Waals surface area (Å²) in [6.07, 6.45) is 0. The minimum atomic E-state index is -0.459. The molecule has 2 heterocycles. The number of fused-ring (bicyclic) bond motifs is 9. The number of hydrogen-bond donors (Lipinski definition) is 0. The molecule has 0 unspecified atom stereocenters. The van der Waals surface area contributed by atoms with Crippen molar-refractivity contribution in [3.63, 3.8) is 0 Å². The summed E-state index contributed by atoms with van der Waals surface area (Å²) in [5.74, 6) is 0.703. The molecule has 0 bridgehead atoms. The molecule has 8 aromatic carbocycles. The Labute approximate surface area is 331 Å². The predicted molar refractivity (Wildman–Crippen MR) is 231 cm³/mol. The maximum atomic E-state index is 5.41. The highest BCUT2D eigenvalue weighted by molar-refractivity contribution is 7.99. The van der Waals surface area contributed by atoms with Crippen LogP contribution >= 0.6 is 11.8 Å². The van der Waals surface area contributed by atoms with Crippen LogP contribution in [0.3, 0.4) is 0 Å². The molecule has 0 amide bonds. The molecular formula is C53H34N2S. The van der Waals surface area contributed by atoms with Crippen LogP contribution < -0.4 is 0 Å². The molecule has 2 nitrogen and oxygen atoms in total. The molecule has 0 saturated carbocycles. The van der Waals surface area contributed by atoms with Crippen LogP contribution in [0.15, 0.2) is 216 Å². The maximum Gasteiger partial charge on any atom is 0.160 e. The SMILES string of the molecule is c1ccc(-c2ccc(-c3cc(-c4cccc5c4Sc4ccccc4C54c5ccccc5-c5ccccc54)nc(-c4ccc(-c5ccccc5)cc4)n3)cc2)cc1. The second-order valence-electron chi connectivity index (χ2n) is 14.5. The average Bonchev–Trinajstić information content (AvgIpc) is 3.57. The van der Waals surface area contributed by atoms with E-state index in [1.165, 1.54) is 59.9 Å². The Morgan fingerprint density at radius 3 is 1.39 bits per heavy atom. The summed E-state index contributed by atoms with van der Waals surface area (Å²) in [7, 11) is 0. The number of aromatic nitrogens is 2. The van der Waals surface area contributed by atoms with Gasteiger partial charge < -0.3 is 0 Å². The van der Waals surface area contributed by atoms with Gasteiger partial charge in [-0.15, -0.1) is 0 Å².